The van der Waals surface area contributed by atoms with Gasteiger partial charge in [-0.05, 0) is 18.9 Å². The van der Waals surface area contributed by atoms with E-state index in [1.165, 1.54) is 36.8 Å². The number of allylic oxidation sites excluding steroid dienone is 1. The first-order valence-corrected chi connectivity index (χ1v) is 5.97. The zero-order valence-electron chi connectivity index (χ0n) is 10.00. The summed E-state index contributed by atoms with van der Waals surface area (Å²) in [4.78, 5) is 0. The maximum Gasteiger partial charge on any atom is 0.00152 e. The van der Waals surface area contributed by atoms with Crippen molar-refractivity contribution >= 4 is 0 Å². The van der Waals surface area contributed by atoms with E-state index in [1.807, 2.05) is 0 Å². The van der Waals surface area contributed by atoms with E-state index in [0.717, 1.165) is 0 Å². The lowest BCUT2D eigenvalue weighted by Gasteiger charge is -2.12. The summed E-state index contributed by atoms with van der Waals surface area (Å²) in [6, 6.07) is 8.83. The van der Waals surface area contributed by atoms with Crippen LogP contribution >= 0.6 is 0 Å². The summed E-state index contributed by atoms with van der Waals surface area (Å²) in [5.41, 5.74) is 2.74. The molecule has 1 aromatic carbocycles. The van der Waals surface area contributed by atoms with Crippen molar-refractivity contribution < 1.29 is 0 Å². The molecule has 0 unspecified atom stereocenters. The molecule has 0 amide bonds. The van der Waals surface area contributed by atoms with Crippen molar-refractivity contribution in [2.75, 3.05) is 0 Å². The Morgan fingerprint density at radius 3 is 2.40 bits per heavy atom. The Balaban J connectivity index is 2.57. The Kier molecular flexibility index (Phi) is 5.17. The van der Waals surface area contributed by atoms with Crippen molar-refractivity contribution in [1.29, 1.82) is 0 Å². The SMILES string of the molecule is C=C[C@H](CCCCC)c1ccc(C)cc1. The zero-order valence-corrected chi connectivity index (χ0v) is 10.00. The number of aryl methyl sites for hydroxylation is 1. The van der Waals surface area contributed by atoms with Gasteiger partial charge >= 0.3 is 0 Å². The minimum atomic E-state index is 0.539. The second-order valence-corrected chi connectivity index (χ2v) is 4.25. The molecule has 0 saturated heterocycles. The van der Waals surface area contributed by atoms with E-state index in [0.29, 0.717) is 5.92 Å². The molecule has 0 N–H and O–H groups in total. The number of unbranched alkanes of at least 4 members (excludes halogenated alkanes) is 2. The molecule has 82 valence electrons. The second kappa shape index (κ2) is 6.44. The van der Waals surface area contributed by atoms with Crippen LogP contribution in [0, 0.1) is 6.92 Å². The number of hydrogen-bond donors (Lipinski definition) is 0. The fourth-order valence-electron chi connectivity index (χ4n) is 1.85. The summed E-state index contributed by atoms with van der Waals surface area (Å²) in [6.07, 6.45) is 7.25. The first-order valence-electron chi connectivity index (χ1n) is 5.97. The van der Waals surface area contributed by atoms with Crippen LogP contribution in [0.25, 0.3) is 0 Å². The third kappa shape index (κ3) is 3.91. The Hall–Kier alpha value is -1.04. The van der Waals surface area contributed by atoms with E-state index < -0.39 is 0 Å². The summed E-state index contributed by atoms with van der Waals surface area (Å²) in [5, 5.41) is 0. The molecule has 0 bridgehead atoms. The second-order valence-electron chi connectivity index (χ2n) is 4.25. The van der Waals surface area contributed by atoms with E-state index >= 15 is 0 Å². The molecule has 1 aromatic rings. The molecule has 0 spiro atoms. The standard InChI is InChI=1S/C15H22/c1-4-6-7-8-14(5-2)15-11-9-13(3)10-12-15/h5,9-12,14H,2,4,6-8H2,1,3H3/t14-/m1/s1. The third-order valence-electron chi connectivity index (χ3n) is 2.91. The van der Waals surface area contributed by atoms with Gasteiger partial charge in [-0.3, -0.25) is 0 Å². The molecule has 0 heteroatoms. The molecule has 0 heterocycles. The monoisotopic (exact) mass is 202 g/mol. The maximum atomic E-state index is 3.94. The summed E-state index contributed by atoms with van der Waals surface area (Å²) in [6.45, 7) is 8.31. The first kappa shape index (κ1) is 12.0. The van der Waals surface area contributed by atoms with Gasteiger partial charge in [0.2, 0.25) is 0 Å². The van der Waals surface area contributed by atoms with Gasteiger partial charge < -0.3 is 0 Å². The van der Waals surface area contributed by atoms with Crippen molar-refractivity contribution in [1.82, 2.24) is 0 Å². The molecule has 0 saturated carbocycles. The summed E-state index contributed by atoms with van der Waals surface area (Å²) >= 11 is 0. The van der Waals surface area contributed by atoms with Crippen molar-refractivity contribution in [2.24, 2.45) is 0 Å². The van der Waals surface area contributed by atoms with Gasteiger partial charge in [-0.2, -0.15) is 0 Å². The third-order valence-corrected chi connectivity index (χ3v) is 2.91. The Labute approximate surface area is 94.0 Å². The lowest BCUT2D eigenvalue weighted by molar-refractivity contribution is 0.629. The van der Waals surface area contributed by atoms with Crippen LogP contribution < -0.4 is 0 Å². The summed E-state index contributed by atoms with van der Waals surface area (Å²) in [7, 11) is 0. The highest BCUT2D eigenvalue weighted by atomic mass is 14.1. The Morgan fingerprint density at radius 2 is 1.87 bits per heavy atom. The molecular weight excluding hydrogens is 180 g/mol. The molecule has 15 heavy (non-hydrogen) atoms. The molecule has 1 rings (SSSR count). The lowest BCUT2D eigenvalue weighted by atomic mass is 9.93. The zero-order chi connectivity index (χ0) is 11.1. The average molecular weight is 202 g/mol. The van der Waals surface area contributed by atoms with Gasteiger partial charge in [-0.15, -0.1) is 6.58 Å². The van der Waals surface area contributed by atoms with Crippen LogP contribution in [0.1, 0.15) is 49.7 Å². The molecule has 0 aromatic heterocycles. The number of hydrogen-bond acceptors (Lipinski definition) is 0. The van der Waals surface area contributed by atoms with Crippen LogP contribution in [0.4, 0.5) is 0 Å². The van der Waals surface area contributed by atoms with E-state index in [4.69, 9.17) is 0 Å². The van der Waals surface area contributed by atoms with Gasteiger partial charge in [0.1, 0.15) is 0 Å². The molecule has 0 nitrogen and oxygen atoms in total. The van der Waals surface area contributed by atoms with E-state index in [9.17, 15) is 0 Å². The van der Waals surface area contributed by atoms with Gasteiger partial charge in [0.05, 0.1) is 0 Å². The summed E-state index contributed by atoms with van der Waals surface area (Å²) < 4.78 is 0. The molecule has 0 fully saturated rings. The largest absolute Gasteiger partial charge is 0.102 e. The highest BCUT2D eigenvalue weighted by molar-refractivity contribution is 5.26. The first-order chi connectivity index (χ1) is 7.27. The topological polar surface area (TPSA) is 0 Å². The number of benzene rings is 1. The van der Waals surface area contributed by atoms with Crippen molar-refractivity contribution in [3.8, 4) is 0 Å². The van der Waals surface area contributed by atoms with Crippen LogP contribution in [0.15, 0.2) is 36.9 Å². The predicted octanol–water partition coefficient (Wildman–Crippen LogP) is 4.84. The van der Waals surface area contributed by atoms with Crippen LogP contribution in [-0.2, 0) is 0 Å². The molecule has 0 aliphatic carbocycles. The van der Waals surface area contributed by atoms with Gasteiger partial charge in [-0.25, -0.2) is 0 Å². The van der Waals surface area contributed by atoms with Crippen molar-refractivity contribution in [3.05, 3.63) is 48.0 Å². The normalized spacial score (nSPS) is 12.4. The summed E-state index contributed by atoms with van der Waals surface area (Å²) in [5.74, 6) is 0.539. The smallest absolute Gasteiger partial charge is 0.00152 e. The van der Waals surface area contributed by atoms with Crippen LogP contribution in [0.5, 0.6) is 0 Å². The lowest BCUT2D eigenvalue weighted by Crippen LogP contribution is -1.95. The maximum absolute atomic E-state index is 3.94. The van der Waals surface area contributed by atoms with Gasteiger partial charge in [0.25, 0.3) is 0 Å². The predicted molar refractivity (Wildman–Crippen MR) is 68.3 cm³/mol. The van der Waals surface area contributed by atoms with Crippen LogP contribution in [0.2, 0.25) is 0 Å². The highest BCUT2D eigenvalue weighted by Crippen LogP contribution is 2.23. The molecular formula is C15H22. The van der Waals surface area contributed by atoms with E-state index in [2.05, 4.69) is 50.8 Å². The van der Waals surface area contributed by atoms with Crippen LogP contribution in [0.3, 0.4) is 0 Å². The van der Waals surface area contributed by atoms with Crippen LogP contribution in [-0.4, -0.2) is 0 Å². The van der Waals surface area contributed by atoms with Crippen molar-refractivity contribution in [2.45, 2.75) is 45.4 Å². The minimum absolute atomic E-state index is 0.539. The fourth-order valence-corrected chi connectivity index (χ4v) is 1.85. The molecule has 1 atom stereocenters. The number of rotatable bonds is 6. The van der Waals surface area contributed by atoms with Gasteiger partial charge in [-0.1, -0.05) is 62.1 Å². The quantitative estimate of drug-likeness (QED) is 0.457. The molecule has 0 aliphatic heterocycles. The fraction of sp³-hybridized carbons (Fsp3) is 0.467. The van der Waals surface area contributed by atoms with Crippen molar-refractivity contribution in [3.63, 3.8) is 0 Å². The molecule has 0 aliphatic rings. The van der Waals surface area contributed by atoms with Gasteiger partial charge in [0, 0.05) is 5.92 Å². The molecule has 0 radical (unpaired) electrons. The average Bonchev–Trinajstić information content (AvgIpc) is 2.26. The minimum Gasteiger partial charge on any atom is -0.102 e. The van der Waals surface area contributed by atoms with Gasteiger partial charge in [0.15, 0.2) is 0 Å². The van der Waals surface area contributed by atoms with E-state index in [1.54, 1.807) is 0 Å². The highest BCUT2D eigenvalue weighted by Gasteiger charge is 2.06. The van der Waals surface area contributed by atoms with E-state index in [-0.39, 0.29) is 0 Å². The Morgan fingerprint density at radius 1 is 1.20 bits per heavy atom. The Bertz CT molecular complexity index is 281.